The molecule has 5 rings (SSSR count). The van der Waals surface area contributed by atoms with E-state index < -0.39 is 16.4 Å². The molecule has 0 aromatic rings. The Labute approximate surface area is 206 Å². The van der Waals surface area contributed by atoms with Crippen molar-refractivity contribution in [2.75, 3.05) is 20.2 Å². The molecule has 1 heterocycles. The number of aliphatic hydroxyl groups is 1. The van der Waals surface area contributed by atoms with Gasteiger partial charge in [0.2, 0.25) is 0 Å². The molecule has 2 unspecified atom stereocenters. The van der Waals surface area contributed by atoms with E-state index in [1.165, 1.54) is 25.5 Å². The zero-order valence-electron chi connectivity index (χ0n) is 22.2. The average molecular weight is 472 g/mol. The molecule has 8 atom stereocenters. The minimum atomic E-state index is -0.782. The van der Waals surface area contributed by atoms with Crippen molar-refractivity contribution >= 4 is 11.8 Å². The number of rotatable bonds is 5. The summed E-state index contributed by atoms with van der Waals surface area (Å²) in [5.74, 6) is 0.237. The van der Waals surface area contributed by atoms with Crippen molar-refractivity contribution < 1.29 is 19.4 Å². The molecule has 4 aliphatic carbocycles. The minimum Gasteiger partial charge on any atom is -0.468 e. The second kappa shape index (κ2) is 8.89. The average Bonchev–Trinajstić information content (AvgIpc) is 3.30. The van der Waals surface area contributed by atoms with Gasteiger partial charge in [-0.15, -0.1) is 0 Å². The molecule has 0 aromatic carbocycles. The lowest BCUT2D eigenvalue weighted by molar-refractivity contribution is -0.177. The van der Waals surface area contributed by atoms with E-state index in [4.69, 9.17) is 4.74 Å². The van der Waals surface area contributed by atoms with Crippen LogP contribution in [0.2, 0.25) is 0 Å². The molecule has 5 fully saturated rings. The molecule has 190 valence electrons. The van der Waals surface area contributed by atoms with Crippen LogP contribution < -0.4 is 0 Å². The van der Waals surface area contributed by atoms with Crippen molar-refractivity contribution in [2.24, 2.45) is 34.5 Å². The number of likely N-dealkylation sites (tertiary alicyclic amines) is 1. The van der Waals surface area contributed by atoms with Crippen molar-refractivity contribution in [1.82, 2.24) is 4.90 Å². The second-order valence-corrected chi connectivity index (χ2v) is 12.5. The first-order valence-corrected chi connectivity index (χ1v) is 13.3. The van der Waals surface area contributed by atoms with E-state index >= 15 is 0 Å². The van der Waals surface area contributed by atoms with Gasteiger partial charge < -0.3 is 9.84 Å². The summed E-state index contributed by atoms with van der Waals surface area (Å²) in [4.78, 5) is 29.4. The third-order valence-electron chi connectivity index (χ3n) is 10.3. The minimum absolute atomic E-state index is 0.0768. The van der Waals surface area contributed by atoms with Gasteiger partial charge in [-0.3, -0.25) is 14.5 Å². The lowest BCUT2D eigenvalue weighted by Gasteiger charge is -2.59. The van der Waals surface area contributed by atoms with Crippen LogP contribution in [0.4, 0.5) is 0 Å². The summed E-state index contributed by atoms with van der Waals surface area (Å²) in [7, 11) is 1.47. The van der Waals surface area contributed by atoms with Crippen molar-refractivity contribution in [3.8, 4) is 0 Å². The smallest absolute Gasteiger partial charge is 0.316 e. The highest BCUT2D eigenvalue weighted by Gasteiger charge is 2.66. The van der Waals surface area contributed by atoms with E-state index in [0.29, 0.717) is 12.3 Å². The standard InChI is InChI=1S/C29H45NO4/c1-18(2)22-15-23-20(4)25(31)27(22,5)17-29(23,26(32)34-7)16-19(3)21-10-11-28(6,33)24(14-21)30-12-8-9-13-30/h16,20-24,33H,1,8-15,17H2,2-7H3/b19-16+/t20-,21-,22-,23?,24+,27-,28+,29?/m0/s1. The van der Waals surface area contributed by atoms with Gasteiger partial charge in [-0.05, 0) is 96.6 Å². The lowest BCUT2D eigenvalue weighted by atomic mass is 9.42. The largest absolute Gasteiger partial charge is 0.468 e. The third kappa shape index (κ3) is 3.91. The highest BCUT2D eigenvalue weighted by molar-refractivity contribution is 5.93. The Balaban J connectivity index is 1.69. The van der Waals surface area contributed by atoms with Gasteiger partial charge in [0, 0.05) is 17.4 Å². The Hall–Kier alpha value is -1.46. The number of Topliss-reactive ketones (excluding diaryl/α,β-unsaturated/α-hetero) is 1. The number of carbonyl (C=O) groups is 2. The van der Waals surface area contributed by atoms with Gasteiger partial charge >= 0.3 is 5.97 Å². The van der Waals surface area contributed by atoms with Crippen LogP contribution in [0.25, 0.3) is 0 Å². The maximum absolute atomic E-state index is 13.5. The summed E-state index contributed by atoms with van der Waals surface area (Å²) in [6.07, 6.45) is 8.50. The van der Waals surface area contributed by atoms with E-state index in [0.717, 1.165) is 44.3 Å². The van der Waals surface area contributed by atoms with Gasteiger partial charge in [0.1, 0.15) is 5.78 Å². The summed E-state index contributed by atoms with van der Waals surface area (Å²) in [5, 5.41) is 11.2. The highest BCUT2D eigenvalue weighted by Crippen LogP contribution is 2.64. The Bertz CT molecular complexity index is 885. The molecule has 4 saturated carbocycles. The molecule has 1 N–H and O–H groups in total. The van der Waals surface area contributed by atoms with Crippen molar-refractivity contribution in [3.05, 3.63) is 23.8 Å². The summed E-state index contributed by atoms with van der Waals surface area (Å²) >= 11 is 0. The molecule has 2 bridgehead atoms. The molecular weight excluding hydrogens is 426 g/mol. The maximum Gasteiger partial charge on any atom is 0.316 e. The van der Waals surface area contributed by atoms with Crippen LogP contribution in [0.5, 0.6) is 0 Å². The van der Waals surface area contributed by atoms with Gasteiger partial charge in [-0.1, -0.05) is 37.6 Å². The number of esters is 1. The Morgan fingerprint density at radius 1 is 1.21 bits per heavy atom. The first-order chi connectivity index (χ1) is 15.9. The van der Waals surface area contributed by atoms with Gasteiger partial charge in [0.15, 0.2) is 0 Å². The van der Waals surface area contributed by atoms with Crippen LogP contribution in [-0.2, 0) is 14.3 Å². The Kier molecular flexibility index (Phi) is 6.70. The molecule has 1 aliphatic heterocycles. The van der Waals surface area contributed by atoms with E-state index in [2.05, 4.69) is 24.5 Å². The second-order valence-electron chi connectivity index (χ2n) is 12.5. The SMILES string of the molecule is C=C(C)[C@@H]1CC2[C@H](C)C(=O)[C@@]1(C)CC2(/C=C(\C)[C@H]1CC[C@@](C)(O)[C@H](N2CCCC2)C1)C(=O)OC. The quantitative estimate of drug-likeness (QED) is 0.455. The number of ether oxygens (including phenoxy) is 1. The van der Waals surface area contributed by atoms with Crippen LogP contribution >= 0.6 is 0 Å². The van der Waals surface area contributed by atoms with E-state index in [1.54, 1.807) is 0 Å². The highest BCUT2D eigenvalue weighted by atomic mass is 16.5. The fourth-order valence-corrected chi connectivity index (χ4v) is 8.38. The maximum atomic E-state index is 13.5. The molecule has 34 heavy (non-hydrogen) atoms. The predicted molar refractivity (Wildman–Crippen MR) is 134 cm³/mol. The number of hydrogen-bond donors (Lipinski definition) is 1. The fourth-order valence-electron chi connectivity index (χ4n) is 8.38. The summed E-state index contributed by atoms with van der Waals surface area (Å²) in [6.45, 7) is 16.5. The molecule has 1 saturated heterocycles. The van der Waals surface area contributed by atoms with Gasteiger partial charge in [-0.25, -0.2) is 0 Å². The number of nitrogens with zero attached hydrogens (tertiary/aromatic N) is 1. The number of methoxy groups -OCH3 is 1. The van der Waals surface area contributed by atoms with Crippen LogP contribution in [0.1, 0.15) is 79.6 Å². The molecular formula is C29H45NO4. The van der Waals surface area contributed by atoms with E-state index in [1.807, 2.05) is 27.7 Å². The monoisotopic (exact) mass is 471 g/mol. The molecule has 0 aromatic heterocycles. The number of carbonyl (C=O) groups excluding carboxylic acids is 2. The van der Waals surface area contributed by atoms with Crippen molar-refractivity contribution in [2.45, 2.75) is 91.2 Å². The summed E-state index contributed by atoms with van der Waals surface area (Å²) < 4.78 is 5.43. The first-order valence-electron chi connectivity index (χ1n) is 13.3. The summed E-state index contributed by atoms with van der Waals surface area (Å²) in [5.41, 5.74) is 0.200. The van der Waals surface area contributed by atoms with Crippen LogP contribution in [0.15, 0.2) is 23.8 Å². The molecule has 0 amide bonds. The fraction of sp³-hybridized carbons (Fsp3) is 0.793. The zero-order valence-corrected chi connectivity index (χ0v) is 22.2. The van der Waals surface area contributed by atoms with Gasteiger partial charge in [0.25, 0.3) is 0 Å². The first kappa shape index (κ1) is 25.6. The van der Waals surface area contributed by atoms with Crippen LogP contribution in [0, 0.1) is 34.5 Å². The van der Waals surface area contributed by atoms with Gasteiger partial charge in [0.05, 0.1) is 18.1 Å². The Morgan fingerprint density at radius 2 is 1.85 bits per heavy atom. The normalized spacial score (nSPS) is 45.4. The summed E-state index contributed by atoms with van der Waals surface area (Å²) in [6, 6.07) is 0.153. The number of allylic oxidation sites excluding steroid dienone is 2. The third-order valence-corrected chi connectivity index (χ3v) is 10.3. The van der Waals surface area contributed by atoms with Crippen LogP contribution in [0.3, 0.4) is 0 Å². The van der Waals surface area contributed by atoms with E-state index in [9.17, 15) is 14.7 Å². The lowest BCUT2D eigenvalue weighted by Crippen LogP contribution is -2.62. The number of ketones is 1. The van der Waals surface area contributed by atoms with Gasteiger partial charge in [-0.2, -0.15) is 0 Å². The Morgan fingerprint density at radius 3 is 2.44 bits per heavy atom. The van der Waals surface area contributed by atoms with Crippen molar-refractivity contribution in [1.29, 1.82) is 0 Å². The zero-order chi connectivity index (χ0) is 25.1. The number of hydrogen-bond acceptors (Lipinski definition) is 5. The molecule has 5 aliphatic rings. The molecule has 0 spiro atoms. The number of fused-ring (bicyclic) bond motifs is 3. The van der Waals surface area contributed by atoms with Crippen LogP contribution in [-0.4, -0.2) is 53.6 Å². The van der Waals surface area contributed by atoms with E-state index in [-0.39, 0.29) is 35.5 Å². The molecule has 5 nitrogen and oxygen atoms in total. The molecule has 5 heteroatoms. The molecule has 0 radical (unpaired) electrons. The predicted octanol–water partition coefficient (Wildman–Crippen LogP) is 4.94. The van der Waals surface area contributed by atoms with Crippen molar-refractivity contribution in [3.63, 3.8) is 0 Å². The topological polar surface area (TPSA) is 66.8 Å².